The van der Waals surface area contributed by atoms with Gasteiger partial charge in [0.2, 0.25) is 0 Å². The Morgan fingerprint density at radius 3 is 2.94 bits per heavy atom. The van der Waals surface area contributed by atoms with Gasteiger partial charge in [0.1, 0.15) is 11.5 Å². The Morgan fingerprint density at radius 1 is 1.33 bits per heavy atom. The van der Waals surface area contributed by atoms with Crippen molar-refractivity contribution in [2.45, 2.75) is 12.6 Å². The van der Waals surface area contributed by atoms with E-state index in [9.17, 15) is 5.11 Å². The highest BCUT2D eigenvalue weighted by atomic mass is 16.5. The van der Waals surface area contributed by atoms with E-state index in [0.717, 1.165) is 17.1 Å². The summed E-state index contributed by atoms with van der Waals surface area (Å²) in [5.74, 6) is 1.60. The number of rotatable bonds is 6. The van der Waals surface area contributed by atoms with Crippen LogP contribution in [0.1, 0.15) is 17.4 Å². The molecule has 0 aliphatic rings. The summed E-state index contributed by atoms with van der Waals surface area (Å²) in [4.78, 5) is 0. The standard InChI is InChI=1S/C14H17NO3/c1-17-12-5-2-4-11(8-12)14(16)10-15-9-13-6-3-7-18-13/h2-8,14-16H,9-10H2,1H3. The summed E-state index contributed by atoms with van der Waals surface area (Å²) in [6.07, 6.45) is 1.07. The second-order valence-corrected chi connectivity index (χ2v) is 4.00. The quantitative estimate of drug-likeness (QED) is 0.821. The first-order chi connectivity index (χ1) is 8.79. The fourth-order valence-corrected chi connectivity index (χ4v) is 1.71. The van der Waals surface area contributed by atoms with E-state index in [1.54, 1.807) is 13.4 Å². The predicted molar refractivity (Wildman–Crippen MR) is 68.4 cm³/mol. The number of furan rings is 1. The molecule has 0 amide bonds. The van der Waals surface area contributed by atoms with E-state index in [0.29, 0.717) is 13.1 Å². The maximum absolute atomic E-state index is 10.0. The maximum atomic E-state index is 10.0. The van der Waals surface area contributed by atoms with Crippen molar-refractivity contribution in [3.63, 3.8) is 0 Å². The Morgan fingerprint density at radius 2 is 2.22 bits per heavy atom. The number of aliphatic hydroxyl groups excluding tert-OH is 1. The van der Waals surface area contributed by atoms with Gasteiger partial charge in [0.15, 0.2) is 0 Å². The second-order valence-electron chi connectivity index (χ2n) is 4.00. The van der Waals surface area contributed by atoms with Gasteiger partial charge in [-0.25, -0.2) is 0 Å². The van der Waals surface area contributed by atoms with Crippen LogP contribution in [0.15, 0.2) is 47.1 Å². The second kappa shape index (κ2) is 6.23. The monoisotopic (exact) mass is 247 g/mol. The molecule has 1 heterocycles. The fraction of sp³-hybridized carbons (Fsp3) is 0.286. The third-order valence-electron chi connectivity index (χ3n) is 2.70. The molecule has 2 aromatic rings. The Kier molecular flexibility index (Phi) is 4.39. The molecule has 4 heteroatoms. The number of ether oxygens (including phenoxy) is 1. The minimum atomic E-state index is -0.560. The molecule has 96 valence electrons. The zero-order chi connectivity index (χ0) is 12.8. The maximum Gasteiger partial charge on any atom is 0.119 e. The van der Waals surface area contributed by atoms with E-state index in [1.165, 1.54) is 0 Å². The van der Waals surface area contributed by atoms with Crippen molar-refractivity contribution in [3.05, 3.63) is 54.0 Å². The van der Waals surface area contributed by atoms with Crippen LogP contribution < -0.4 is 10.1 Å². The van der Waals surface area contributed by atoms with Crippen LogP contribution in [0.3, 0.4) is 0 Å². The first kappa shape index (κ1) is 12.7. The fourth-order valence-electron chi connectivity index (χ4n) is 1.71. The van der Waals surface area contributed by atoms with Crippen LogP contribution in [0.25, 0.3) is 0 Å². The normalized spacial score (nSPS) is 12.3. The van der Waals surface area contributed by atoms with Crippen LogP contribution in [-0.4, -0.2) is 18.8 Å². The summed E-state index contributed by atoms with van der Waals surface area (Å²) in [5.41, 5.74) is 0.835. The first-order valence-electron chi connectivity index (χ1n) is 5.84. The average Bonchev–Trinajstić information content (AvgIpc) is 2.92. The molecule has 4 nitrogen and oxygen atoms in total. The Labute approximate surface area is 106 Å². The number of hydrogen-bond donors (Lipinski definition) is 2. The number of methoxy groups -OCH3 is 1. The SMILES string of the molecule is COc1cccc(C(O)CNCc2ccco2)c1. The lowest BCUT2D eigenvalue weighted by Gasteiger charge is -2.12. The lowest BCUT2D eigenvalue weighted by molar-refractivity contribution is 0.173. The summed E-state index contributed by atoms with van der Waals surface area (Å²) in [6.45, 7) is 1.07. The summed E-state index contributed by atoms with van der Waals surface area (Å²) >= 11 is 0. The van der Waals surface area contributed by atoms with Crippen LogP contribution in [0.4, 0.5) is 0 Å². The van der Waals surface area contributed by atoms with Gasteiger partial charge >= 0.3 is 0 Å². The summed E-state index contributed by atoms with van der Waals surface area (Å²) < 4.78 is 10.3. The van der Waals surface area contributed by atoms with Crippen LogP contribution in [-0.2, 0) is 6.54 Å². The van der Waals surface area contributed by atoms with Crippen LogP contribution in [0.5, 0.6) is 5.75 Å². The smallest absolute Gasteiger partial charge is 0.119 e. The summed E-state index contributed by atoms with van der Waals surface area (Å²) in [6, 6.07) is 11.2. The van der Waals surface area contributed by atoms with Gasteiger partial charge in [0.25, 0.3) is 0 Å². The molecule has 18 heavy (non-hydrogen) atoms. The molecule has 0 aliphatic carbocycles. The van der Waals surface area contributed by atoms with Crippen molar-refractivity contribution >= 4 is 0 Å². The van der Waals surface area contributed by atoms with Crippen molar-refractivity contribution in [1.82, 2.24) is 5.32 Å². The first-order valence-corrected chi connectivity index (χ1v) is 5.84. The zero-order valence-electron chi connectivity index (χ0n) is 10.3. The lowest BCUT2D eigenvalue weighted by Crippen LogP contribution is -2.20. The zero-order valence-corrected chi connectivity index (χ0v) is 10.3. The molecule has 0 spiro atoms. The van der Waals surface area contributed by atoms with Gasteiger partial charge in [0.05, 0.1) is 26.0 Å². The van der Waals surface area contributed by atoms with Gasteiger partial charge in [-0.1, -0.05) is 12.1 Å². The lowest BCUT2D eigenvalue weighted by atomic mass is 10.1. The largest absolute Gasteiger partial charge is 0.497 e. The van der Waals surface area contributed by atoms with Crippen molar-refractivity contribution in [2.24, 2.45) is 0 Å². The molecule has 0 bridgehead atoms. The molecule has 0 saturated carbocycles. The highest BCUT2D eigenvalue weighted by molar-refractivity contribution is 5.29. The van der Waals surface area contributed by atoms with E-state index >= 15 is 0 Å². The van der Waals surface area contributed by atoms with E-state index in [2.05, 4.69) is 5.32 Å². The number of aliphatic hydroxyl groups is 1. The molecule has 1 unspecified atom stereocenters. The molecule has 2 N–H and O–H groups in total. The van der Waals surface area contributed by atoms with Crippen molar-refractivity contribution in [3.8, 4) is 5.75 Å². The molecule has 2 rings (SSSR count). The molecule has 0 radical (unpaired) electrons. The Bertz CT molecular complexity index is 468. The highest BCUT2D eigenvalue weighted by Gasteiger charge is 2.08. The highest BCUT2D eigenvalue weighted by Crippen LogP contribution is 2.18. The van der Waals surface area contributed by atoms with Crippen molar-refractivity contribution in [1.29, 1.82) is 0 Å². The van der Waals surface area contributed by atoms with E-state index in [4.69, 9.17) is 9.15 Å². The van der Waals surface area contributed by atoms with E-state index in [1.807, 2.05) is 36.4 Å². The molecule has 0 fully saturated rings. The molecule has 1 atom stereocenters. The van der Waals surface area contributed by atoms with Gasteiger partial charge < -0.3 is 19.6 Å². The average molecular weight is 247 g/mol. The number of nitrogens with one attached hydrogen (secondary N) is 1. The number of hydrogen-bond acceptors (Lipinski definition) is 4. The summed E-state index contributed by atoms with van der Waals surface area (Å²) in [7, 11) is 1.61. The van der Waals surface area contributed by atoms with Crippen LogP contribution in [0, 0.1) is 0 Å². The minimum absolute atomic E-state index is 0.466. The molecule has 1 aromatic heterocycles. The topological polar surface area (TPSA) is 54.6 Å². The molecule has 0 aliphatic heterocycles. The van der Waals surface area contributed by atoms with Crippen molar-refractivity contribution < 1.29 is 14.3 Å². The number of benzene rings is 1. The minimum Gasteiger partial charge on any atom is -0.497 e. The third kappa shape index (κ3) is 3.35. The third-order valence-corrected chi connectivity index (χ3v) is 2.70. The van der Waals surface area contributed by atoms with Gasteiger partial charge in [0, 0.05) is 6.54 Å². The van der Waals surface area contributed by atoms with Gasteiger partial charge in [-0.15, -0.1) is 0 Å². The molecular formula is C14H17NO3. The Balaban J connectivity index is 1.85. The van der Waals surface area contributed by atoms with Gasteiger partial charge in [-0.3, -0.25) is 0 Å². The van der Waals surface area contributed by atoms with Crippen LogP contribution in [0.2, 0.25) is 0 Å². The van der Waals surface area contributed by atoms with E-state index in [-0.39, 0.29) is 0 Å². The van der Waals surface area contributed by atoms with Crippen LogP contribution >= 0.6 is 0 Å². The predicted octanol–water partition coefficient (Wildman–Crippen LogP) is 2.11. The van der Waals surface area contributed by atoms with Crippen molar-refractivity contribution in [2.75, 3.05) is 13.7 Å². The molecular weight excluding hydrogens is 230 g/mol. The Hall–Kier alpha value is -1.78. The van der Waals surface area contributed by atoms with Gasteiger partial charge in [-0.2, -0.15) is 0 Å². The van der Waals surface area contributed by atoms with Gasteiger partial charge in [-0.05, 0) is 29.8 Å². The molecule has 1 aromatic carbocycles. The summed E-state index contributed by atoms with van der Waals surface area (Å²) in [5, 5.41) is 13.2. The molecule has 0 saturated heterocycles. The van der Waals surface area contributed by atoms with E-state index < -0.39 is 6.10 Å².